The summed E-state index contributed by atoms with van der Waals surface area (Å²) < 4.78 is 52.7. The molecule has 0 spiro atoms. The molecule has 5 nitrogen and oxygen atoms in total. The van der Waals surface area contributed by atoms with Crippen LogP contribution in [0.25, 0.3) is 0 Å². The number of benzene rings is 2. The van der Waals surface area contributed by atoms with Gasteiger partial charge < -0.3 is 5.11 Å². The molecule has 0 bridgehead atoms. The Balaban J connectivity index is 1.85. The molecule has 1 saturated heterocycles. The van der Waals surface area contributed by atoms with Gasteiger partial charge in [-0.25, -0.2) is 0 Å². The molecular formula is C18H16F4N2O3. The van der Waals surface area contributed by atoms with Gasteiger partial charge in [0.25, 0.3) is 0 Å². The van der Waals surface area contributed by atoms with Crippen LogP contribution < -0.4 is 0 Å². The van der Waals surface area contributed by atoms with Gasteiger partial charge >= 0.3 is 11.9 Å². The highest BCUT2D eigenvalue weighted by Gasteiger charge is 2.35. The average molecular weight is 384 g/mol. The predicted molar refractivity (Wildman–Crippen MR) is 88.3 cm³/mol. The van der Waals surface area contributed by atoms with Crippen LogP contribution in [0.5, 0.6) is 0 Å². The zero-order valence-electron chi connectivity index (χ0n) is 14.0. The van der Waals surface area contributed by atoms with Crippen LogP contribution in [-0.2, 0) is 12.7 Å². The van der Waals surface area contributed by atoms with Crippen molar-refractivity contribution in [1.29, 1.82) is 0 Å². The Hall–Kier alpha value is -2.52. The first-order valence-electron chi connectivity index (χ1n) is 8.17. The third kappa shape index (κ3) is 4.25. The smallest absolute Gasteiger partial charge is 0.392 e. The summed E-state index contributed by atoms with van der Waals surface area (Å²) in [5.74, 6) is -0.979. The lowest BCUT2D eigenvalue weighted by atomic mass is 10.0. The number of β-amino-alcohol motifs (C(OH)–C–C–N with tert-alkyl or cyclic N) is 1. The molecule has 144 valence electrons. The Labute approximate surface area is 152 Å². The number of alkyl halides is 3. The normalized spacial score (nSPS) is 20.8. The molecule has 1 aliphatic rings. The predicted octanol–water partition coefficient (Wildman–Crippen LogP) is 4.06. The van der Waals surface area contributed by atoms with Crippen molar-refractivity contribution in [3.63, 3.8) is 0 Å². The molecule has 0 saturated carbocycles. The summed E-state index contributed by atoms with van der Waals surface area (Å²) in [6.07, 6.45) is -4.96. The van der Waals surface area contributed by atoms with Crippen LogP contribution in [-0.4, -0.2) is 27.6 Å². The van der Waals surface area contributed by atoms with E-state index in [1.54, 1.807) is 11.0 Å². The molecular weight excluding hydrogens is 368 g/mol. The number of rotatable bonds is 4. The number of halogens is 4. The Morgan fingerprint density at radius 2 is 1.96 bits per heavy atom. The van der Waals surface area contributed by atoms with Crippen molar-refractivity contribution in [1.82, 2.24) is 4.90 Å². The van der Waals surface area contributed by atoms with Crippen LogP contribution >= 0.6 is 0 Å². The number of nitro benzene ring substituents is 1. The van der Waals surface area contributed by atoms with Crippen LogP contribution in [0, 0.1) is 15.9 Å². The second kappa shape index (κ2) is 7.24. The summed E-state index contributed by atoms with van der Waals surface area (Å²) in [5, 5.41) is 20.7. The van der Waals surface area contributed by atoms with Crippen molar-refractivity contribution in [2.24, 2.45) is 0 Å². The number of aliphatic hydroxyl groups is 1. The number of hydrogen-bond donors (Lipinski definition) is 1. The number of likely N-dealkylation sites (tertiary alicyclic amines) is 1. The zero-order chi connectivity index (χ0) is 19.8. The maximum atomic E-state index is 13.8. The van der Waals surface area contributed by atoms with Crippen LogP contribution in [0.3, 0.4) is 0 Å². The quantitative estimate of drug-likeness (QED) is 0.490. The minimum atomic E-state index is -4.47. The Morgan fingerprint density at radius 1 is 1.22 bits per heavy atom. The maximum Gasteiger partial charge on any atom is 0.416 e. The average Bonchev–Trinajstić information content (AvgIpc) is 2.94. The lowest BCUT2D eigenvalue weighted by Crippen LogP contribution is -2.24. The maximum absolute atomic E-state index is 13.8. The highest BCUT2D eigenvalue weighted by atomic mass is 19.4. The molecule has 2 atom stereocenters. The third-order valence-electron chi connectivity index (χ3n) is 4.57. The minimum absolute atomic E-state index is 0.146. The molecule has 1 fully saturated rings. The molecule has 9 heteroatoms. The minimum Gasteiger partial charge on any atom is -0.392 e. The van der Waals surface area contributed by atoms with E-state index in [2.05, 4.69) is 0 Å². The first-order chi connectivity index (χ1) is 12.6. The second-order valence-corrected chi connectivity index (χ2v) is 6.50. The lowest BCUT2D eigenvalue weighted by Gasteiger charge is -2.25. The Kier molecular flexibility index (Phi) is 5.16. The SMILES string of the molecule is O=[N+]([O-])c1ccc(CN2C[C@H](O)C[C@H]2c2cccc(C(F)(F)F)c2)cc1F. The molecule has 2 aromatic rings. The summed E-state index contributed by atoms with van der Waals surface area (Å²) in [7, 11) is 0. The summed E-state index contributed by atoms with van der Waals surface area (Å²) >= 11 is 0. The van der Waals surface area contributed by atoms with E-state index >= 15 is 0 Å². The van der Waals surface area contributed by atoms with Gasteiger partial charge in [0, 0.05) is 25.2 Å². The van der Waals surface area contributed by atoms with Crippen molar-refractivity contribution in [3.05, 3.63) is 75.1 Å². The summed E-state index contributed by atoms with van der Waals surface area (Å²) in [6.45, 7) is 0.354. The van der Waals surface area contributed by atoms with Gasteiger partial charge in [-0.05, 0) is 35.7 Å². The molecule has 1 N–H and O–H groups in total. The van der Waals surface area contributed by atoms with Gasteiger partial charge in [0.05, 0.1) is 16.6 Å². The first-order valence-corrected chi connectivity index (χ1v) is 8.17. The van der Waals surface area contributed by atoms with Crippen LogP contribution in [0.2, 0.25) is 0 Å². The fourth-order valence-corrected chi connectivity index (χ4v) is 3.35. The highest BCUT2D eigenvalue weighted by molar-refractivity contribution is 5.35. The largest absolute Gasteiger partial charge is 0.416 e. The van der Waals surface area contributed by atoms with Crippen LogP contribution in [0.4, 0.5) is 23.2 Å². The van der Waals surface area contributed by atoms with Gasteiger partial charge in [-0.2, -0.15) is 17.6 Å². The number of nitro groups is 1. The van der Waals surface area contributed by atoms with Crippen molar-refractivity contribution < 1.29 is 27.6 Å². The summed E-state index contributed by atoms with van der Waals surface area (Å²) in [6, 6.07) is 7.91. The van der Waals surface area contributed by atoms with E-state index < -0.39 is 40.3 Å². The molecule has 27 heavy (non-hydrogen) atoms. The van der Waals surface area contributed by atoms with E-state index in [4.69, 9.17) is 0 Å². The van der Waals surface area contributed by atoms with Crippen LogP contribution in [0.15, 0.2) is 42.5 Å². The molecule has 1 aliphatic heterocycles. The van der Waals surface area contributed by atoms with E-state index in [1.165, 1.54) is 12.1 Å². The molecule has 0 aliphatic carbocycles. The molecule has 2 aromatic carbocycles. The number of aliphatic hydroxyl groups excluding tert-OH is 1. The number of nitrogens with zero attached hydrogens (tertiary/aromatic N) is 2. The highest BCUT2D eigenvalue weighted by Crippen LogP contribution is 2.37. The fraction of sp³-hybridized carbons (Fsp3) is 0.333. The van der Waals surface area contributed by atoms with Gasteiger partial charge in [-0.15, -0.1) is 0 Å². The van der Waals surface area contributed by atoms with E-state index in [1.807, 2.05) is 0 Å². The van der Waals surface area contributed by atoms with Gasteiger partial charge in [0.2, 0.25) is 5.82 Å². The molecule has 0 amide bonds. The monoisotopic (exact) mass is 384 g/mol. The van der Waals surface area contributed by atoms with E-state index in [-0.39, 0.29) is 19.5 Å². The second-order valence-electron chi connectivity index (χ2n) is 6.50. The summed E-state index contributed by atoms with van der Waals surface area (Å²) in [5.41, 5.74) is -0.578. The van der Waals surface area contributed by atoms with Crippen molar-refractivity contribution in [2.75, 3.05) is 6.54 Å². The van der Waals surface area contributed by atoms with Gasteiger partial charge in [0.15, 0.2) is 0 Å². The topological polar surface area (TPSA) is 66.6 Å². The molecule has 0 radical (unpaired) electrons. The Morgan fingerprint density at radius 3 is 2.59 bits per heavy atom. The molecule has 0 aromatic heterocycles. The number of hydrogen-bond acceptors (Lipinski definition) is 4. The lowest BCUT2D eigenvalue weighted by molar-refractivity contribution is -0.387. The zero-order valence-corrected chi connectivity index (χ0v) is 14.0. The van der Waals surface area contributed by atoms with Crippen LogP contribution in [0.1, 0.15) is 29.2 Å². The van der Waals surface area contributed by atoms with Gasteiger partial charge in [-0.3, -0.25) is 15.0 Å². The standard InChI is InChI=1S/C18H16F4N2O3/c19-15-6-11(4-5-16(15)24(26)27)9-23-10-14(25)8-17(23)12-2-1-3-13(7-12)18(20,21)22/h1-7,14,17,25H,8-10H2/t14-,17+/m1/s1. The Bertz CT molecular complexity index is 857. The van der Waals surface area contributed by atoms with E-state index in [9.17, 15) is 32.8 Å². The first kappa shape index (κ1) is 19.2. The molecule has 0 unspecified atom stereocenters. The fourth-order valence-electron chi connectivity index (χ4n) is 3.35. The van der Waals surface area contributed by atoms with E-state index in [0.29, 0.717) is 11.1 Å². The molecule has 3 rings (SSSR count). The van der Waals surface area contributed by atoms with Crippen molar-refractivity contribution in [2.45, 2.75) is 31.3 Å². The van der Waals surface area contributed by atoms with Gasteiger partial charge in [0.1, 0.15) is 0 Å². The van der Waals surface area contributed by atoms with Gasteiger partial charge in [-0.1, -0.05) is 18.2 Å². The third-order valence-corrected chi connectivity index (χ3v) is 4.57. The molecule has 1 heterocycles. The summed E-state index contributed by atoms with van der Waals surface area (Å²) in [4.78, 5) is 11.6. The van der Waals surface area contributed by atoms with Crippen molar-refractivity contribution in [3.8, 4) is 0 Å². The van der Waals surface area contributed by atoms with E-state index in [0.717, 1.165) is 24.3 Å². The van der Waals surface area contributed by atoms with Crippen molar-refractivity contribution >= 4 is 5.69 Å².